The summed E-state index contributed by atoms with van der Waals surface area (Å²) in [5.41, 5.74) is 2.19. The van der Waals surface area contributed by atoms with Gasteiger partial charge in [0, 0.05) is 17.8 Å². The standard InChI is InChI=1S/C10H10FNS/c1-7-6-12(13-2)10-4-3-8(11)5-9(7)10/h3-6H,1-2H3. The topological polar surface area (TPSA) is 4.93 Å². The highest BCUT2D eigenvalue weighted by Gasteiger charge is 2.04. The maximum atomic E-state index is 12.9. The van der Waals surface area contributed by atoms with Crippen LogP contribution in [-0.2, 0) is 0 Å². The van der Waals surface area contributed by atoms with Gasteiger partial charge in [0.05, 0.1) is 5.52 Å². The molecule has 68 valence electrons. The fraction of sp³-hybridized carbons (Fsp3) is 0.200. The summed E-state index contributed by atoms with van der Waals surface area (Å²) in [6.45, 7) is 1.99. The Morgan fingerprint density at radius 1 is 1.38 bits per heavy atom. The van der Waals surface area contributed by atoms with Gasteiger partial charge >= 0.3 is 0 Å². The molecular formula is C10H10FNS. The van der Waals surface area contributed by atoms with Crippen molar-refractivity contribution in [1.29, 1.82) is 0 Å². The highest BCUT2D eigenvalue weighted by Crippen LogP contribution is 2.24. The van der Waals surface area contributed by atoms with E-state index < -0.39 is 0 Å². The monoisotopic (exact) mass is 195 g/mol. The van der Waals surface area contributed by atoms with Gasteiger partial charge in [-0.25, -0.2) is 4.39 Å². The van der Waals surface area contributed by atoms with Crippen LogP contribution >= 0.6 is 11.9 Å². The molecule has 13 heavy (non-hydrogen) atoms. The second-order valence-electron chi connectivity index (χ2n) is 2.98. The Balaban J connectivity index is 2.80. The Labute approximate surface area is 80.7 Å². The van der Waals surface area contributed by atoms with Crippen molar-refractivity contribution in [2.45, 2.75) is 6.92 Å². The van der Waals surface area contributed by atoms with Crippen molar-refractivity contribution >= 4 is 22.9 Å². The minimum Gasteiger partial charge on any atom is -0.291 e. The molecule has 0 fully saturated rings. The van der Waals surface area contributed by atoms with Crippen LogP contribution in [0.2, 0.25) is 0 Å². The van der Waals surface area contributed by atoms with Crippen molar-refractivity contribution in [3.8, 4) is 0 Å². The third kappa shape index (κ3) is 1.33. The molecule has 0 atom stereocenters. The number of nitrogens with zero attached hydrogens (tertiary/aromatic N) is 1. The van der Waals surface area contributed by atoms with E-state index in [2.05, 4.69) is 0 Å². The molecular weight excluding hydrogens is 185 g/mol. The van der Waals surface area contributed by atoms with E-state index in [1.807, 2.05) is 29.4 Å². The first-order chi connectivity index (χ1) is 6.22. The van der Waals surface area contributed by atoms with Gasteiger partial charge in [-0.15, -0.1) is 0 Å². The van der Waals surface area contributed by atoms with E-state index in [0.717, 1.165) is 16.5 Å². The number of hydrogen-bond donors (Lipinski definition) is 0. The quantitative estimate of drug-likeness (QED) is 0.676. The van der Waals surface area contributed by atoms with Crippen LogP contribution in [0.4, 0.5) is 4.39 Å². The van der Waals surface area contributed by atoms with Crippen LogP contribution in [0, 0.1) is 12.7 Å². The highest BCUT2D eigenvalue weighted by atomic mass is 32.2. The lowest BCUT2D eigenvalue weighted by atomic mass is 10.2. The first kappa shape index (κ1) is 8.63. The van der Waals surface area contributed by atoms with Crippen molar-refractivity contribution in [3.05, 3.63) is 35.8 Å². The summed E-state index contributed by atoms with van der Waals surface area (Å²) in [5.74, 6) is -0.172. The molecule has 0 saturated carbocycles. The molecule has 0 bridgehead atoms. The first-order valence-corrected chi connectivity index (χ1v) is 5.22. The minimum atomic E-state index is -0.172. The molecule has 0 saturated heterocycles. The van der Waals surface area contributed by atoms with E-state index in [-0.39, 0.29) is 5.82 Å². The summed E-state index contributed by atoms with van der Waals surface area (Å²) in [5, 5.41) is 0.995. The Morgan fingerprint density at radius 2 is 2.15 bits per heavy atom. The van der Waals surface area contributed by atoms with Gasteiger partial charge in [0.25, 0.3) is 0 Å². The summed E-state index contributed by atoms with van der Waals surface area (Å²) in [6, 6.07) is 4.89. The maximum Gasteiger partial charge on any atom is 0.123 e. The predicted molar refractivity (Wildman–Crippen MR) is 55.5 cm³/mol. The molecule has 0 aliphatic carbocycles. The SMILES string of the molecule is CSn1cc(C)c2cc(F)ccc21. The Morgan fingerprint density at radius 3 is 2.85 bits per heavy atom. The molecule has 0 spiro atoms. The van der Waals surface area contributed by atoms with Crippen LogP contribution in [0.3, 0.4) is 0 Å². The Bertz CT molecular complexity index is 447. The second kappa shape index (κ2) is 3.07. The molecule has 2 aromatic rings. The first-order valence-electron chi connectivity index (χ1n) is 4.04. The van der Waals surface area contributed by atoms with Crippen LogP contribution in [0.25, 0.3) is 10.9 Å². The normalized spacial score (nSPS) is 11.0. The lowest BCUT2D eigenvalue weighted by Gasteiger charge is -1.97. The van der Waals surface area contributed by atoms with Crippen molar-refractivity contribution < 1.29 is 4.39 Å². The average Bonchev–Trinajstić information content (AvgIpc) is 2.43. The van der Waals surface area contributed by atoms with Crippen LogP contribution in [0.5, 0.6) is 0 Å². The lowest BCUT2D eigenvalue weighted by molar-refractivity contribution is 0.629. The van der Waals surface area contributed by atoms with Crippen LogP contribution in [0.15, 0.2) is 24.4 Å². The van der Waals surface area contributed by atoms with Gasteiger partial charge in [-0.2, -0.15) is 0 Å². The van der Waals surface area contributed by atoms with Gasteiger partial charge < -0.3 is 0 Å². The van der Waals surface area contributed by atoms with E-state index in [0.29, 0.717) is 0 Å². The molecule has 2 rings (SSSR count). The molecule has 0 aliphatic heterocycles. The molecule has 1 nitrogen and oxygen atoms in total. The zero-order chi connectivity index (χ0) is 9.42. The summed E-state index contributed by atoms with van der Waals surface area (Å²) in [7, 11) is 0. The Kier molecular flexibility index (Phi) is 2.04. The van der Waals surface area contributed by atoms with E-state index in [9.17, 15) is 4.39 Å². The fourth-order valence-electron chi connectivity index (χ4n) is 1.48. The summed E-state index contributed by atoms with van der Waals surface area (Å²) >= 11 is 1.62. The van der Waals surface area contributed by atoms with Gasteiger partial charge in [0.1, 0.15) is 5.82 Å². The molecule has 0 N–H and O–H groups in total. The zero-order valence-corrected chi connectivity index (χ0v) is 8.36. The van der Waals surface area contributed by atoms with Crippen molar-refractivity contribution in [3.63, 3.8) is 0 Å². The zero-order valence-electron chi connectivity index (χ0n) is 7.54. The minimum absolute atomic E-state index is 0.172. The maximum absolute atomic E-state index is 12.9. The smallest absolute Gasteiger partial charge is 0.123 e. The van der Waals surface area contributed by atoms with Crippen LogP contribution < -0.4 is 0 Å². The van der Waals surface area contributed by atoms with Crippen LogP contribution in [0.1, 0.15) is 5.56 Å². The Hall–Kier alpha value is -0.960. The molecule has 1 aromatic carbocycles. The number of fused-ring (bicyclic) bond motifs is 1. The molecule has 0 amide bonds. The third-order valence-electron chi connectivity index (χ3n) is 2.13. The fourth-order valence-corrected chi connectivity index (χ4v) is 2.10. The van der Waals surface area contributed by atoms with Gasteiger partial charge in [-0.3, -0.25) is 3.97 Å². The summed E-state index contributed by atoms with van der Waals surface area (Å²) in [6.07, 6.45) is 4.02. The van der Waals surface area contributed by atoms with Crippen LogP contribution in [-0.4, -0.2) is 10.2 Å². The van der Waals surface area contributed by atoms with Gasteiger partial charge in [0.15, 0.2) is 0 Å². The highest BCUT2D eigenvalue weighted by molar-refractivity contribution is 7.97. The number of halogens is 1. The third-order valence-corrected chi connectivity index (χ3v) is 2.82. The molecule has 0 aliphatic rings. The second-order valence-corrected chi connectivity index (χ2v) is 3.74. The van der Waals surface area contributed by atoms with E-state index >= 15 is 0 Å². The number of hydrogen-bond acceptors (Lipinski definition) is 1. The molecule has 0 radical (unpaired) electrons. The van der Waals surface area contributed by atoms with E-state index in [1.54, 1.807) is 18.0 Å². The predicted octanol–water partition coefficient (Wildman–Crippen LogP) is 3.21. The van der Waals surface area contributed by atoms with Crippen molar-refractivity contribution in [2.24, 2.45) is 0 Å². The molecule has 3 heteroatoms. The largest absolute Gasteiger partial charge is 0.291 e. The molecule has 1 heterocycles. The van der Waals surface area contributed by atoms with E-state index in [1.165, 1.54) is 6.07 Å². The van der Waals surface area contributed by atoms with Gasteiger partial charge in [-0.1, -0.05) is 0 Å². The summed E-state index contributed by atoms with van der Waals surface area (Å²) in [4.78, 5) is 0. The van der Waals surface area contributed by atoms with Gasteiger partial charge in [-0.05, 0) is 42.6 Å². The number of aryl methyl sites for hydroxylation is 1. The number of benzene rings is 1. The van der Waals surface area contributed by atoms with Crippen molar-refractivity contribution in [1.82, 2.24) is 3.97 Å². The number of rotatable bonds is 1. The lowest BCUT2D eigenvalue weighted by Crippen LogP contribution is -1.81. The number of aromatic nitrogens is 1. The van der Waals surface area contributed by atoms with E-state index in [4.69, 9.17) is 0 Å². The van der Waals surface area contributed by atoms with Gasteiger partial charge in [0.2, 0.25) is 0 Å². The summed E-state index contributed by atoms with van der Waals surface area (Å²) < 4.78 is 15.0. The average molecular weight is 195 g/mol. The molecule has 0 unspecified atom stereocenters. The van der Waals surface area contributed by atoms with Crippen molar-refractivity contribution in [2.75, 3.05) is 6.26 Å². The molecule has 1 aromatic heterocycles.